The van der Waals surface area contributed by atoms with Gasteiger partial charge in [0.15, 0.2) is 0 Å². The third kappa shape index (κ3) is 2.43. The predicted octanol–water partition coefficient (Wildman–Crippen LogP) is 4.50. The Morgan fingerprint density at radius 2 is 1.62 bits per heavy atom. The molecule has 26 heavy (non-hydrogen) atoms. The van der Waals surface area contributed by atoms with Gasteiger partial charge >= 0.3 is 5.97 Å². The minimum Gasteiger partial charge on any atom is -0.450 e. The van der Waals surface area contributed by atoms with Crippen LogP contribution in [0.4, 0.5) is 0 Å². The zero-order valence-electron chi connectivity index (χ0n) is 14.7. The van der Waals surface area contributed by atoms with Gasteiger partial charge in [0.2, 0.25) is 0 Å². The summed E-state index contributed by atoms with van der Waals surface area (Å²) in [4.78, 5) is 15.0. The van der Waals surface area contributed by atoms with E-state index in [1.807, 2.05) is 24.3 Å². The summed E-state index contributed by atoms with van der Waals surface area (Å²) in [6.07, 6.45) is 1.71. The van der Waals surface area contributed by atoms with Crippen molar-refractivity contribution < 1.29 is 9.53 Å². The molecule has 1 spiro atoms. The molecule has 0 N–H and O–H groups in total. The fraction of sp³-hybridized carbons (Fsp3) is 0.261. The number of likely N-dealkylation sites (tertiary alicyclic amines) is 1. The van der Waals surface area contributed by atoms with Crippen LogP contribution in [0, 0.1) is 0 Å². The van der Waals surface area contributed by atoms with Gasteiger partial charge in [0.1, 0.15) is 5.60 Å². The van der Waals surface area contributed by atoms with E-state index < -0.39 is 5.60 Å². The molecule has 130 valence electrons. The summed E-state index contributed by atoms with van der Waals surface area (Å²) in [5, 5.41) is 2.34. The van der Waals surface area contributed by atoms with Crippen LogP contribution in [0.5, 0.6) is 0 Å². The normalized spacial score (nSPS) is 18.8. The number of rotatable bonds is 2. The molecule has 3 heteroatoms. The van der Waals surface area contributed by atoms with E-state index >= 15 is 0 Å². The lowest BCUT2D eigenvalue weighted by Gasteiger charge is -2.39. The Hall–Kier alpha value is -2.65. The molecule has 0 unspecified atom stereocenters. The molecule has 2 heterocycles. The Bertz CT molecular complexity index is 972. The van der Waals surface area contributed by atoms with Crippen molar-refractivity contribution in [3.63, 3.8) is 0 Å². The quantitative estimate of drug-likeness (QED) is 0.642. The van der Waals surface area contributed by atoms with Gasteiger partial charge < -0.3 is 4.74 Å². The monoisotopic (exact) mass is 343 g/mol. The van der Waals surface area contributed by atoms with Crippen molar-refractivity contribution in [1.29, 1.82) is 0 Å². The molecule has 1 saturated heterocycles. The number of ether oxygens (including phenoxy) is 1. The average molecular weight is 343 g/mol. The van der Waals surface area contributed by atoms with E-state index in [2.05, 4.69) is 47.4 Å². The summed E-state index contributed by atoms with van der Waals surface area (Å²) in [5.41, 5.74) is 2.73. The summed E-state index contributed by atoms with van der Waals surface area (Å²) < 4.78 is 6.00. The number of nitrogens with zero attached hydrogens (tertiary/aromatic N) is 1. The number of carbonyl (C=O) groups is 1. The molecular weight excluding hydrogens is 322 g/mol. The number of esters is 1. The Morgan fingerprint density at radius 3 is 2.42 bits per heavy atom. The van der Waals surface area contributed by atoms with Crippen LogP contribution < -0.4 is 0 Å². The molecule has 5 rings (SSSR count). The van der Waals surface area contributed by atoms with Crippen LogP contribution in [0.3, 0.4) is 0 Å². The molecule has 0 aliphatic carbocycles. The largest absolute Gasteiger partial charge is 0.450 e. The number of hydrogen-bond donors (Lipinski definition) is 0. The molecule has 3 aromatic carbocycles. The lowest BCUT2D eigenvalue weighted by molar-refractivity contribution is -0.0434. The zero-order chi connectivity index (χ0) is 17.6. The van der Waals surface area contributed by atoms with Gasteiger partial charge in [-0.25, -0.2) is 4.79 Å². The van der Waals surface area contributed by atoms with Gasteiger partial charge in [0.25, 0.3) is 0 Å². The fourth-order valence-electron chi connectivity index (χ4n) is 4.48. The molecule has 0 atom stereocenters. The van der Waals surface area contributed by atoms with E-state index in [1.54, 1.807) is 0 Å². The van der Waals surface area contributed by atoms with Crippen molar-refractivity contribution >= 4 is 16.7 Å². The third-order valence-corrected chi connectivity index (χ3v) is 5.81. The number of benzene rings is 3. The zero-order valence-corrected chi connectivity index (χ0v) is 14.7. The number of fused-ring (bicyclic) bond motifs is 4. The topological polar surface area (TPSA) is 29.5 Å². The van der Waals surface area contributed by atoms with Crippen LogP contribution in [0.15, 0.2) is 66.7 Å². The van der Waals surface area contributed by atoms with Crippen LogP contribution >= 0.6 is 0 Å². The van der Waals surface area contributed by atoms with E-state index in [1.165, 1.54) is 10.9 Å². The van der Waals surface area contributed by atoms with Crippen LogP contribution in [0.2, 0.25) is 0 Å². The molecule has 0 saturated carbocycles. The summed E-state index contributed by atoms with van der Waals surface area (Å²) in [6.45, 7) is 2.82. The van der Waals surface area contributed by atoms with Crippen LogP contribution in [0.25, 0.3) is 10.8 Å². The maximum absolute atomic E-state index is 12.5. The lowest BCUT2D eigenvalue weighted by atomic mass is 9.81. The Morgan fingerprint density at radius 1 is 0.885 bits per heavy atom. The lowest BCUT2D eigenvalue weighted by Crippen LogP contribution is -2.42. The summed E-state index contributed by atoms with van der Waals surface area (Å²) in [6, 6.07) is 22.8. The molecule has 0 amide bonds. The van der Waals surface area contributed by atoms with Crippen molar-refractivity contribution in [3.8, 4) is 0 Å². The molecule has 2 aliphatic rings. The van der Waals surface area contributed by atoms with Crippen molar-refractivity contribution in [2.45, 2.75) is 25.0 Å². The molecule has 0 bridgehead atoms. The highest BCUT2D eigenvalue weighted by Gasteiger charge is 2.48. The van der Waals surface area contributed by atoms with Gasteiger partial charge in [-0.1, -0.05) is 60.7 Å². The Kier molecular flexibility index (Phi) is 3.57. The first-order valence-electron chi connectivity index (χ1n) is 9.27. The first kappa shape index (κ1) is 15.6. The van der Waals surface area contributed by atoms with Gasteiger partial charge in [-0.15, -0.1) is 0 Å². The van der Waals surface area contributed by atoms with Crippen LogP contribution in [-0.4, -0.2) is 24.0 Å². The predicted molar refractivity (Wildman–Crippen MR) is 102 cm³/mol. The SMILES string of the molecule is O=C1OC2(CCN(Cc3ccccc3)CC2)c2c1ccc1ccccc21. The number of piperidine rings is 1. The molecular formula is C23H21NO2. The van der Waals surface area contributed by atoms with Crippen molar-refractivity contribution in [1.82, 2.24) is 4.90 Å². The molecule has 3 nitrogen and oxygen atoms in total. The fourth-order valence-corrected chi connectivity index (χ4v) is 4.48. The molecule has 1 fully saturated rings. The van der Waals surface area contributed by atoms with E-state index in [4.69, 9.17) is 4.74 Å². The first-order chi connectivity index (χ1) is 12.8. The number of carbonyl (C=O) groups excluding carboxylic acids is 1. The average Bonchev–Trinajstić information content (AvgIpc) is 2.97. The minimum atomic E-state index is -0.458. The van der Waals surface area contributed by atoms with E-state index in [0.717, 1.165) is 49.0 Å². The van der Waals surface area contributed by atoms with Gasteiger partial charge in [-0.05, 0) is 22.4 Å². The van der Waals surface area contributed by atoms with Gasteiger partial charge in [0.05, 0.1) is 5.56 Å². The van der Waals surface area contributed by atoms with Crippen molar-refractivity contribution in [2.24, 2.45) is 0 Å². The standard InChI is InChI=1S/C23H21NO2/c25-22-20-11-10-18-8-4-5-9-19(18)21(20)23(26-22)12-14-24(15-13-23)16-17-6-2-1-3-7-17/h1-11H,12-16H2. The first-order valence-corrected chi connectivity index (χ1v) is 9.27. The molecule has 3 aromatic rings. The second-order valence-corrected chi connectivity index (χ2v) is 7.35. The number of hydrogen-bond acceptors (Lipinski definition) is 3. The van der Waals surface area contributed by atoms with Crippen molar-refractivity contribution in [2.75, 3.05) is 13.1 Å². The minimum absolute atomic E-state index is 0.165. The second kappa shape index (κ2) is 5.96. The maximum Gasteiger partial charge on any atom is 0.339 e. The van der Waals surface area contributed by atoms with E-state index in [9.17, 15) is 4.79 Å². The van der Waals surface area contributed by atoms with Crippen LogP contribution in [0.1, 0.15) is 34.3 Å². The highest BCUT2D eigenvalue weighted by Crippen LogP contribution is 2.47. The molecule has 0 aromatic heterocycles. The third-order valence-electron chi connectivity index (χ3n) is 5.81. The Balaban J connectivity index is 1.46. The van der Waals surface area contributed by atoms with Crippen molar-refractivity contribution in [3.05, 3.63) is 83.4 Å². The summed E-state index contributed by atoms with van der Waals surface area (Å²) in [7, 11) is 0. The second-order valence-electron chi connectivity index (χ2n) is 7.35. The van der Waals surface area contributed by atoms with E-state index in [-0.39, 0.29) is 5.97 Å². The highest BCUT2D eigenvalue weighted by molar-refractivity contribution is 6.02. The van der Waals surface area contributed by atoms with Gasteiger partial charge in [-0.3, -0.25) is 4.90 Å². The van der Waals surface area contributed by atoms with E-state index in [0.29, 0.717) is 0 Å². The van der Waals surface area contributed by atoms with Gasteiger partial charge in [0, 0.05) is 38.0 Å². The molecule has 0 radical (unpaired) electrons. The summed E-state index contributed by atoms with van der Waals surface area (Å²) in [5.74, 6) is -0.165. The maximum atomic E-state index is 12.5. The smallest absolute Gasteiger partial charge is 0.339 e. The van der Waals surface area contributed by atoms with Gasteiger partial charge in [-0.2, -0.15) is 0 Å². The summed E-state index contributed by atoms with van der Waals surface area (Å²) >= 11 is 0. The van der Waals surface area contributed by atoms with Crippen LogP contribution in [-0.2, 0) is 16.9 Å². The Labute approximate surface area is 153 Å². The highest BCUT2D eigenvalue weighted by atomic mass is 16.6. The molecule has 2 aliphatic heterocycles.